The molecule has 0 radical (unpaired) electrons. The van der Waals surface area contributed by atoms with Crippen molar-refractivity contribution in [2.75, 3.05) is 0 Å². The highest BCUT2D eigenvalue weighted by Crippen LogP contribution is 2.31. The first kappa shape index (κ1) is 7.75. The van der Waals surface area contributed by atoms with Gasteiger partial charge >= 0.3 is 0 Å². The lowest BCUT2D eigenvalue weighted by Crippen LogP contribution is -1.92. The molecular formula is C9H10N2S. The summed E-state index contributed by atoms with van der Waals surface area (Å²) in [5, 5.41) is 8.91. The first-order valence-corrected chi connectivity index (χ1v) is 5.11. The minimum Gasteiger partial charge on any atom is -0.249 e. The van der Waals surface area contributed by atoms with Gasteiger partial charge < -0.3 is 0 Å². The molecule has 1 aromatic rings. The van der Waals surface area contributed by atoms with Gasteiger partial charge in [-0.3, -0.25) is 0 Å². The first-order valence-electron chi connectivity index (χ1n) is 4.23. The Kier molecular flexibility index (Phi) is 2.09. The Morgan fingerprint density at radius 3 is 3.33 bits per heavy atom. The lowest BCUT2D eigenvalue weighted by Gasteiger charge is -2.01. The highest BCUT2D eigenvalue weighted by molar-refractivity contribution is 7.09. The standard InChI is InChI=1S/C9H10N2S/c10-5-7-3-1-2-4-8-9(7)12-6-11-8/h6-7H,1-4H2. The van der Waals surface area contributed by atoms with Gasteiger partial charge in [0.2, 0.25) is 0 Å². The van der Waals surface area contributed by atoms with Crippen LogP contribution in [0.4, 0.5) is 0 Å². The minimum absolute atomic E-state index is 0.120. The summed E-state index contributed by atoms with van der Waals surface area (Å²) in [7, 11) is 0. The van der Waals surface area contributed by atoms with Gasteiger partial charge in [-0.2, -0.15) is 5.26 Å². The molecule has 12 heavy (non-hydrogen) atoms. The Bertz CT molecular complexity index is 311. The van der Waals surface area contributed by atoms with Crippen molar-refractivity contribution in [3.63, 3.8) is 0 Å². The van der Waals surface area contributed by atoms with Crippen molar-refractivity contribution in [2.24, 2.45) is 0 Å². The molecule has 0 N–H and O–H groups in total. The van der Waals surface area contributed by atoms with Crippen LogP contribution in [-0.4, -0.2) is 4.98 Å². The Morgan fingerprint density at radius 2 is 2.50 bits per heavy atom. The highest BCUT2D eigenvalue weighted by atomic mass is 32.1. The van der Waals surface area contributed by atoms with Crippen LogP contribution in [0.2, 0.25) is 0 Å². The molecule has 0 amide bonds. The lowest BCUT2D eigenvalue weighted by atomic mass is 10.1. The van der Waals surface area contributed by atoms with Crippen LogP contribution >= 0.6 is 11.3 Å². The normalized spacial score (nSPS) is 22.4. The van der Waals surface area contributed by atoms with Crippen LogP contribution < -0.4 is 0 Å². The summed E-state index contributed by atoms with van der Waals surface area (Å²) in [5.41, 5.74) is 3.03. The number of hydrogen-bond donors (Lipinski definition) is 0. The van der Waals surface area contributed by atoms with Gasteiger partial charge in [-0.25, -0.2) is 4.98 Å². The maximum absolute atomic E-state index is 8.91. The fraction of sp³-hybridized carbons (Fsp3) is 0.556. The number of aryl methyl sites for hydroxylation is 1. The third-order valence-corrected chi connectivity index (χ3v) is 3.29. The maximum Gasteiger partial charge on any atom is 0.0824 e. The minimum atomic E-state index is 0.120. The molecule has 0 fully saturated rings. The Labute approximate surface area is 75.9 Å². The summed E-state index contributed by atoms with van der Waals surface area (Å²) in [5.74, 6) is 0.120. The van der Waals surface area contributed by atoms with E-state index in [1.54, 1.807) is 11.3 Å². The van der Waals surface area contributed by atoms with Crippen molar-refractivity contribution in [2.45, 2.75) is 31.6 Å². The lowest BCUT2D eigenvalue weighted by molar-refractivity contribution is 0.677. The molecular weight excluding hydrogens is 168 g/mol. The summed E-state index contributed by atoms with van der Waals surface area (Å²) in [6, 6.07) is 2.36. The van der Waals surface area contributed by atoms with E-state index in [9.17, 15) is 0 Å². The summed E-state index contributed by atoms with van der Waals surface area (Å²) >= 11 is 1.64. The van der Waals surface area contributed by atoms with Crippen molar-refractivity contribution in [3.8, 4) is 6.07 Å². The van der Waals surface area contributed by atoms with Crippen molar-refractivity contribution < 1.29 is 0 Å². The number of hydrogen-bond acceptors (Lipinski definition) is 3. The van der Waals surface area contributed by atoms with E-state index in [1.807, 2.05) is 5.51 Å². The van der Waals surface area contributed by atoms with Crippen LogP contribution in [0.5, 0.6) is 0 Å². The average molecular weight is 178 g/mol. The molecule has 3 heteroatoms. The Balaban J connectivity index is 2.37. The van der Waals surface area contributed by atoms with Gasteiger partial charge in [-0.05, 0) is 19.3 Å². The quantitative estimate of drug-likeness (QED) is 0.572. The second-order valence-corrected chi connectivity index (χ2v) is 3.98. The van der Waals surface area contributed by atoms with Gasteiger partial charge in [0.1, 0.15) is 0 Å². The molecule has 62 valence electrons. The summed E-state index contributed by atoms with van der Waals surface area (Å²) in [4.78, 5) is 5.50. The van der Waals surface area contributed by atoms with Crippen molar-refractivity contribution in [1.82, 2.24) is 4.98 Å². The number of nitriles is 1. The third-order valence-electron chi connectivity index (χ3n) is 2.30. The first-order chi connectivity index (χ1) is 5.92. The number of aromatic nitrogens is 1. The molecule has 0 aliphatic heterocycles. The average Bonchev–Trinajstić information content (AvgIpc) is 2.46. The monoisotopic (exact) mass is 178 g/mol. The van der Waals surface area contributed by atoms with E-state index in [-0.39, 0.29) is 5.92 Å². The molecule has 0 saturated heterocycles. The summed E-state index contributed by atoms with van der Waals surface area (Å²) in [6.45, 7) is 0. The molecule has 0 saturated carbocycles. The van der Waals surface area contributed by atoms with Gasteiger partial charge in [0.15, 0.2) is 0 Å². The van der Waals surface area contributed by atoms with Crippen molar-refractivity contribution >= 4 is 11.3 Å². The zero-order chi connectivity index (χ0) is 8.39. The number of rotatable bonds is 0. The summed E-state index contributed by atoms with van der Waals surface area (Å²) < 4.78 is 0. The Morgan fingerprint density at radius 1 is 1.58 bits per heavy atom. The van der Waals surface area contributed by atoms with Crippen LogP contribution in [0.1, 0.15) is 35.8 Å². The Hall–Kier alpha value is -0.880. The zero-order valence-electron chi connectivity index (χ0n) is 6.79. The molecule has 0 aromatic carbocycles. The molecule has 1 aromatic heterocycles. The van der Waals surface area contributed by atoms with Gasteiger partial charge in [-0.15, -0.1) is 11.3 Å². The van der Waals surface area contributed by atoms with E-state index in [0.29, 0.717) is 0 Å². The molecule has 1 aliphatic rings. The van der Waals surface area contributed by atoms with Crippen LogP contribution in [0.25, 0.3) is 0 Å². The second kappa shape index (κ2) is 3.24. The molecule has 0 bridgehead atoms. The molecule has 1 aliphatic carbocycles. The highest BCUT2D eigenvalue weighted by Gasteiger charge is 2.20. The molecule has 1 heterocycles. The number of fused-ring (bicyclic) bond motifs is 1. The summed E-state index contributed by atoms with van der Waals surface area (Å²) in [6.07, 6.45) is 4.44. The van der Waals surface area contributed by atoms with Gasteiger partial charge in [0.05, 0.1) is 23.2 Å². The fourth-order valence-corrected chi connectivity index (χ4v) is 2.56. The number of nitrogens with zero attached hydrogens (tertiary/aromatic N) is 2. The van der Waals surface area contributed by atoms with Gasteiger partial charge in [0.25, 0.3) is 0 Å². The second-order valence-electron chi connectivity index (χ2n) is 3.09. The fourth-order valence-electron chi connectivity index (χ4n) is 1.64. The SMILES string of the molecule is N#CC1CCCCc2ncsc21. The van der Waals surface area contributed by atoms with Crippen LogP contribution in [0.15, 0.2) is 5.51 Å². The predicted molar refractivity (Wildman–Crippen MR) is 48.0 cm³/mol. The molecule has 1 atom stereocenters. The maximum atomic E-state index is 8.91. The number of thiazole rings is 1. The van der Waals surface area contributed by atoms with Crippen molar-refractivity contribution in [3.05, 3.63) is 16.1 Å². The van der Waals surface area contributed by atoms with E-state index in [4.69, 9.17) is 5.26 Å². The third kappa shape index (κ3) is 1.23. The van der Waals surface area contributed by atoms with Crippen LogP contribution in [0, 0.1) is 11.3 Å². The molecule has 2 rings (SSSR count). The van der Waals surface area contributed by atoms with E-state index in [1.165, 1.54) is 23.4 Å². The largest absolute Gasteiger partial charge is 0.249 e. The zero-order valence-corrected chi connectivity index (χ0v) is 7.60. The van der Waals surface area contributed by atoms with Crippen molar-refractivity contribution in [1.29, 1.82) is 5.26 Å². The molecule has 1 unspecified atom stereocenters. The molecule has 0 spiro atoms. The molecule has 2 nitrogen and oxygen atoms in total. The topological polar surface area (TPSA) is 36.7 Å². The smallest absolute Gasteiger partial charge is 0.0824 e. The van der Waals surface area contributed by atoms with Crippen LogP contribution in [-0.2, 0) is 6.42 Å². The van der Waals surface area contributed by atoms with E-state index >= 15 is 0 Å². The predicted octanol–water partition coefficient (Wildman–Crippen LogP) is 2.48. The van der Waals surface area contributed by atoms with E-state index in [2.05, 4.69) is 11.1 Å². The van der Waals surface area contributed by atoms with E-state index < -0.39 is 0 Å². The van der Waals surface area contributed by atoms with Gasteiger partial charge in [0, 0.05) is 4.88 Å². The van der Waals surface area contributed by atoms with Gasteiger partial charge in [-0.1, -0.05) is 6.42 Å². The van der Waals surface area contributed by atoms with E-state index in [0.717, 1.165) is 12.8 Å². The van der Waals surface area contributed by atoms with Crippen LogP contribution in [0.3, 0.4) is 0 Å².